The molecule has 4 rings (SSSR count). The third kappa shape index (κ3) is 6.97. The van der Waals surface area contributed by atoms with Crippen molar-refractivity contribution in [1.29, 1.82) is 0 Å². The van der Waals surface area contributed by atoms with Crippen LogP contribution in [-0.2, 0) is 9.47 Å². The average molecular weight is 516 g/mol. The van der Waals surface area contributed by atoms with E-state index in [1.807, 2.05) is 0 Å². The molecule has 2 saturated heterocycles. The predicted molar refractivity (Wildman–Crippen MR) is 135 cm³/mol. The molecule has 9 nitrogen and oxygen atoms in total. The summed E-state index contributed by atoms with van der Waals surface area (Å²) in [5, 5.41) is 0. The van der Waals surface area contributed by atoms with Crippen molar-refractivity contribution in [2.24, 2.45) is 0 Å². The first kappa shape index (κ1) is 26.8. The maximum absolute atomic E-state index is 13.9. The molecule has 0 radical (unpaired) electrons. The first-order valence-electron chi connectivity index (χ1n) is 12.5. The zero-order chi connectivity index (χ0) is 26.2. The highest BCUT2D eigenvalue weighted by atomic mass is 19.1. The average Bonchev–Trinajstić information content (AvgIpc) is 2.94. The van der Waals surface area contributed by atoms with Crippen molar-refractivity contribution in [3.8, 4) is 11.5 Å². The molecule has 2 aliphatic heterocycles. The minimum Gasteiger partial charge on any atom is -0.493 e. The molecule has 0 spiro atoms. The molecule has 2 aromatic carbocycles. The summed E-state index contributed by atoms with van der Waals surface area (Å²) in [6, 6.07) is 10.8. The second-order valence-electron chi connectivity index (χ2n) is 9.03. The number of hydrogen-bond donors (Lipinski definition) is 0. The lowest BCUT2D eigenvalue weighted by molar-refractivity contribution is -0.0347. The monoisotopic (exact) mass is 515 g/mol. The van der Waals surface area contributed by atoms with Crippen LogP contribution < -0.4 is 9.47 Å². The molecule has 1 atom stereocenters. The van der Waals surface area contributed by atoms with E-state index in [1.165, 1.54) is 25.3 Å². The Morgan fingerprint density at radius 2 is 1.78 bits per heavy atom. The van der Waals surface area contributed by atoms with Crippen LogP contribution in [-0.4, -0.2) is 112 Å². The maximum Gasteiger partial charge on any atom is 0.254 e. The van der Waals surface area contributed by atoms with Crippen molar-refractivity contribution in [3.63, 3.8) is 0 Å². The summed E-state index contributed by atoms with van der Waals surface area (Å²) < 4.78 is 35.8. The van der Waals surface area contributed by atoms with E-state index in [-0.39, 0.29) is 30.0 Å². The van der Waals surface area contributed by atoms with Crippen molar-refractivity contribution in [1.82, 2.24) is 14.7 Å². The summed E-state index contributed by atoms with van der Waals surface area (Å²) >= 11 is 0. The lowest BCUT2D eigenvalue weighted by atomic mass is 10.1. The smallest absolute Gasteiger partial charge is 0.254 e. The van der Waals surface area contributed by atoms with Crippen molar-refractivity contribution in [2.75, 3.05) is 79.9 Å². The number of methoxy groups -OCH3 is 2. The summed E-state index contributed by atoms with van der Waals surface area (Å²) in [5.41, 5.74) is 0.773. The highest BCUT2D eigenvalue weighted by molar-refractivity contribution is 5.95. The Labute approximate surface area is 216 Å². The SMILES string of the molecule is COc1ccc(C(=O)N2CCOC(CN(CCN3CCOCC3)C(=O)c3cccc(F)c3)C2)cc1OC. The molecule has 37 heavy (non-hydrogen) atoms. The van der Waals surface area contributed by atoms with Gasteiger partial charge in [0.15, 0.2) is 11.5 Å². The molecule has 0 N–H and O–H groups in total. The number of morpholine rings is 2. The normalized spacial score (nSPS) is 18.4. The standard InChI is InChI=1S/C27H34FN3O6/c1-34-24-7-6-21(17-25(24)35-2)27(33)31-12-15-37-23(19-31)18-30(9-8-29-10-13-36-14-11-29)26(32)20-4-3-5-22(28)16-20/h3-7,16-17,23H,8-15,18-19H2,1-2H3. The molecule has 10 heteroatoms. The van der Waals surface area contributed by atoms with Gasteiger partial charge in [-0.3, -0.25) is 14.5 Å². The summed E-state index contributed by atoms with van der Waals surface area (Å²) in [5.74, 6) is 0.156. The maximum atomic E-state index is 13.9. The van der Waals surface area contributed by atoms with Crippen LogP contribution in [0.3, 0.4) is 0 Å². The third-order valence-electron chi connectivity index (χ3n) is 6.63. The molecule has 2 heterocycles. The van der Waals surface area contributed by atoms with Crippen LogP contribution >= 0.6 is 0 Å². The quantitative estimate of drug-likeness (QED) is 0.506. The highest BCUT2D eigenvalue weighted by Crippen LogP contribution is 2.28. The van der Waals surface area contributed by atoms with Gasteiger partial charge in [-0.05, 0) is 36.4 Å². The van der Waals surface area contributed by atoms with Gasteiger partial charge in [-0.1, -0.05) is 6.07 Å². The largest absolute Gasteiger partial charge is 0.493 e. The van der Waals surface area contributed by atoms with Crippen molar-refractivity contribution in [2.45, 2.75) is 6.10 Å². The number of nitrogens with zero attached hydrogens (tertiary/aromatic N) is 3. The highest BCUT2D eigenvalue weighted by Gasteiger charge is 2.29. The van der Waals surface area contributed by atoms with E-state index < -0.39 is 5.82 Å². The third-order valence-corrected chi connectivity index (χ3v) is 6.63. The molecule has 1 unspecified atom stereocenters. The Morgan fingerprint density at radius 3 is 2.51 bits per heavy atom. The summed E-state index contributed by atoms with van der Waals surface area (Å²) in [6.45, 7) is 5.47. The Morgan fingerprint density at radius 1 is 1.00 bits per heavy atom. The van der Waals surface area contributed by atoms with E-state index in [4.69, 9.17) is 18.9 Å². The minimum atomic E-state index is -0.459. The number of amides is 2. The molecule has 0 bridgehead atoms. The van der Waals surface area contributed by atoms with Gasteiger partial charge in [-0.25, -0.2) is 4.39 Å². The summed E-state index contributed by atoms with van der Waals surface area (Å²) in [6.07, 6.45) is -0.375. The van der Waals surface area contributed by atoms with Crippen molar-refractivity contribution < 1.29 is 32.9 Å². The molecule has 0 aliphatic carbocycles. The topological polar surface area (TPSA) is 80.8 Å². The zero-order valence-electron chi connectivity index (χ0n) is 21.4. The number of carbonyl (C=O) groups is 2. The van der Waals surface area contributed by atoms with Crippen LogP contribution in [0.5, 0.6) is 11.5 Å². The van der Waals surface area contributed by atoms with Crippen LogP contribution in [0.15, 0.2) is 42.5 Å². The van der Waals surface area contributed by atoms with Crippen LogP contribution in [0.4, 0.5) is 4.39 Å². The van der Waals surface area contributed by atoms with Gasteiger partial charge < -0.3 is 28.7 Å². The van der Waals surface area contributed by atoms with E-state index in [9.17, 15) is 14.0 Å². The molecule has 0 aromatic heterocycles. The molecule has 2 fully saturated rings. The van der Waals surface area contributed by atoms with E-state index in [0.717, 1.165) is 13.1 Å². The minimum absolute atomic E-state index is 0.148. The lowest BCUT2D eigenvalue weighted by Gasteiger charge is -2.37. The fourth-order valence-corrected chi connectivity index (χ4v) is 4.58. The number of ether oxygens (including phenoxy) is 4. The molecule has 2 aromatic rings. The number of halogens is 1. The summed E-state index contributed by atoms with van der Waals surface area (Å²) in [4.78, 5) is 32.3. The Kier molecular flexibility index (Phi) is 9.32. The van der Waals surface area contributed by atoms with Gasteiger partial charge in [0.25, 0.3) is 11.8 Å². The molecule has 200 valence electrons. The molecule has 2 aliphatic rings. The van der Waals surface area contributed by atoms with Crippen LogP contribution in [0.1, 0.15) is 20.7 Å². The van der Waals surface area contributed by atoms with Gasteiger partial charge in [0.2, 0.25) is 0 Å². The van der Waals surface area contributed by atoms with Gasteiger partial charge >= 0.3 is 0 Å². The summed E-state index contributed by atoms with van der Waals surface area (Å²) in [7, 11) is 3.07. The van der Waals surface area contributed by atoms with Gasteiger partial charge in [-0.2, -0.15) is 0 Å². The molecular weight excluding hydrogens is 481 g/mol. The zero-order valence-corrected chi connectivity index (χ0v) is 21.4. The Bertz CT molecular complexity index is 1080. The number of hydrogen-bond acceptors (Lipinski definition) is 7. The van der Waals surface area contributed by atoms with E-state index in [0.29, 0.717) is 63.1 Å². The van der Waals surface area contributed by atoms with E-state index in [2.05, 4.69) is 4.90 Å². The van der Waals surface area contributed by atoms with Gasteiger partial charge in [-0.15, -0.1) is 0 Å². The van der Waals surface area contributed by atoms with Crippen LogP contribution in [0, 0.1) is 5.82 Å². The first-order valence-corrected chi connectivity index (χ1v) is 12.5. The van der Waals surface area contributed by atoms with Crippen molar-refractivity contribution in [3.05, 3.63) is 59.4 Å². The predicted octanol–water partition coefficient (Wildman–Crippen LogP) is 2.16. The van der Waals surface area contributed by atoms with Gasteiger partial charge in [0.1, 0.15) is 5.82 Å². The number of rotatable bonds is 9. The van der Waals surface area contributed by atoms with E-state index in [1.54, 1.807) is 41.2 Å². The molecule has 2 amide bonds. The Balaban J connectivity index is 1.45. The lowest BCUT2D eigenvalue weighted by Crippen LogP contribution is -2.52. The van der Waals surface area contributed by atoms with Crippen molar-refractivity contribution >= 4 is 11.8 Å². The van der Waals surface area contributed by atoms with Crippen LogP contribution in [0.25, 0.3) is 0 Å². The number of benzene rings is 2. The molecule has 0 saturated carbocycles. The second-order valence-corrected chi connectivity index (χ2v) is 9.03. The fourth-order valence-electron chi connectivity index (χ4n) is 4.58. The van der Waals surface area contributed by atoms with Crippen LogP contribution in [0.2, 0.25) is 0 Å². The molecular formula is C27H34FN3O6. The van der Waals surface area contributed by atoms with Gasteiger partial charge in [0.05, 0.1) is 40.1 Å². The fraction of sp³-hybridized carbons (Fsp3) is 0.481. The Hall–Kier alpha value is -3.21. The number of carbonyl (C=O) groups excluding carboxylic acids is 2. The second kappa shape index (κ2) is 12.8. The first-order chi connectivity index (χ1) is 18.0. The van der Waals surface area contributed by atoms with Gasteiger partial charge in [0, 0.05) is 56.9 Å². The van der Waals surface area contributed by atoms with E-state index >= 15 is 0 Å².